The van der Waals surface area contributed by atoms with E-state index in [1.165, 1.54) is 19.2 Å². The third-order valence-corrected chi connectivity index (χ3v) is 5.80. The van der Waals surface area contributed by atoms with E-state index >= 15 is 0 Å². The number of pyridine rings is 1. The lowest BCUT2D eigenvalue weighted by molar-refractivity contribution is -0.137. The Hall–Kier alpha value is -3.39. The molecule has 11 heteroatoms. The lowest BCUT2D eigenvalue weighted by Crippen LogP contribution is -2.18. The molecule has 188 valence electrons. The van der Waals surface area contributed by atoms with Gasteiger partial charge in [-0.2, -0.15) is 13.2 Å². The van der Waals surface area contributed by atoms with Gasteiger partial charge in [-0.1, -0.05) is 23.6 Å². The number of nitrogens with one attached hydrogen (secondary N) is 1. The standard InChI is InChI=1S/C25H21ClF3N3O3S/c1-4-6-23(33)31-17-7-5-8-18(12-17)35-24-22(11-16(2)14-30-24)32(15-34-3)36-19-9-10-21(26)20(13-19)25(27,28)29/h5,7-14H,15H2,1-3H3,(H,31,33). The summed E-state index contributed by atoms with van der Waals surface area (Å²) in [5.41, 5.74) is 0.803. The van der Waals surface area contributed by atoms with Crippen LogP contribution in [0.4, 0.5) is 24.5 Å². The van der Waals surface area contributed by atoms with Crippen LogP contribution in [0.5, 0.6) is 11.6 Å². The summed E-state index contributed by atoms with van der Waals surface area (Å²) in [6.45, 7) is 3.40. The summed E-state index contributed by atoms with van der Waals surface area (Å²) < 4.78 is 53.0. The first-order chi connectivity index (χ1) is 17.1. The van der Waals surface area contributed by atoms with Gasteiger partial charge in [0.2, 0.25) is 5.88 Å². The molecule has 0 spiro atoms. The molecule has 1 heterocycles. The number of alkyl halides is 3. The molecular formula is C25H21ClF3N3O3S. The summed E-state index contributed by atoms with van der Waals surface area (Å²) in [5.74, 6) is 5.01. The van der Waals surface area contributed by atoms with Crippen molar-refractivity contribution < 1.29 is 27.4 Å². The molecule has 1 aromatic heterocycles. The number of rotatable bonds is 8. The van der Waals surface area contributed by atoms with Crippen molar-refractivity contribution in [3.63, 3.8) is 0 Å². The molecule has 0 saturated carbocycles. The second-order valence-corrected chi connectivity index (χ2v) is 8.82. The fraction of sp³-hybridized carbons (Fsp3) is 0.200. The highest BCUT2D eigenvalue weighted by atomic mass is 35.5. The van der Waals surface area contributed by atoms with E-state index < -0.39 is 17.6 Å². The number of halogens is 4. The number of carbonyl (C=O) groups excluding carboxylic acids is 1. The fourth-order valence-corrected chi connectivity index (χ4v) is 4.16. The maximum absolute atomic E-state index is 13.4. The van der Waals surface area contributed by atoms with Crippen molar-refractivity contribution in [3.8, 4) is 23.5 Å². The van der Waals surface area contributed by atoms with Crippen LogP contribution >= 0.6 is 23.5 Å². The maximum atomic E-state index is 13.4. The molecule has 3 rings (SSSR count). The lowest BCUT2D eigenvalue weighted by Gasteiger charge is -2.24. The topological polar surface area (TPSA) is 63.7 Å². The van der Waals surface area contributed by atoms with E-state index in [9.17, 15) is 18.0 Å². The average Bonchev–Trinajstić information content (AvgIpc) is 2.81. The van der Waals surface area contributed by atoms with Crippen molar-refractivity contribution in [1.82, 2.24) is 4.98 Å². The number of benzene rings is 2. The number of aryl methyl sites for hydroxylation is 1. The van der Waals surface area contributed by atoms with Gasteiger partial charge in [0, 0.05) is 30.0 Å². The second kappa shape index (κ2) is 12.0. The van der Waals surface area contributed by atoms with E-state index in [0.29, 0.717) is 17.1 Å². The molecule has 3 aromatic rings. The summed E-state index contributed by atoms with van der Waals surface area (Å²) in [7, 11) is 1.46. The third kappa shape index (κ3) is 7.31. The van der Waals surface area contributed by atoms with Crippen LogP contribution in [-0.4, -0.2) is 24.7 Å². The smallest absolute Gasteiger partial charge is 0.417 e. The van der Waals surface area contributed by atoms with Crippen molar-refractivity contribution in [3.05, 3.63) is 70.9 Å². The number of anilines is 2. The van der Waals surface area contributed by atoms with Crippen LogP contribution in [0.2, 0.25) is 5.02 Å². The van der Waals surface area contributed by atoms with Crippen molar-refractivity contribution in [1.29, 1.82) is 0 Å². The predicted octanol–water partition coefficient (Wildman–Crippen LogP) is 6.93. The SMILES string of the molecule is CC#CC(=O)Nc1cccc(Oc2ncc(C)cc2N(COC)Sc2ccc(Cl)c(C(F)(F)F)c2)c1. The molecule has 0 aliphatic rings. The van der Waals surface area contributed by atoms with Crippen LogP contribution < -0.4 is 14.4 Å². The number of methoxy groups -OCH3 is 1. The fourth-order valence-electron chi connectivity index (χ4n) is 2.99. The Morgan fingerprint density at radius 2 is 2.00 bits per heavy atom. The Labute approximate surface area is 215 Å². The zero-order valence-corrected chi connectivity index (χ0v) is 21.0. The minimum absolute atomic E-state index is 0.0158. The minimum atomic E-state index is -4.60. The van der Waals surface area contributed by atoms with Gasteiger partial charge >= 0.3 is 6.18 Å². The van der Waals surface area contributed by atoms with Gasteiger partial charge in [0.05, 0.1) is 10.6 Å². The van der Waals surface area contributed by atoms with Crippen molar-refractivity contribution in [2.45, 2.75) is 24.9 Å². The van der Waals surface area contributed by atoms with E-state index in [2.05, 4.69) is 22.1 Å². The van der Waals surface area contributed by atoms with Crippen LogP contribution in [0, 0.1) is 18.8 Å². The summed E-state index contributed by atoms with van der Waals surface area (Å²) in [6.07, 6.45) is -3.00. The van der Waals surface area contributed by atoms with Crippen molar-refractivity contribution in [2.24, 2.45) is 0 Å². The molecule has 0 unspecified atom stereocenters. The number of carbonyl (C=O) groups is 1. The van der Waals surface area contributed by atoms with E-state index in [4.69, 9.17) is 21.1 Å². The largest absolute Gasteiger partial charge is 0.437 e. The molecule has 0 radical (unpaired) electrons. The van der Waals surface area contributed by atoms with Gasteiger partial charge in [0.25, 0.3) is 5.91 Å². The number of hydrogen-bond acceptors (Lipinski definition) is 6. The molecule has 1 N–H and O–H groups in total. The summed E-state index contributed by atoms with van der Waals surface area (Å²) >= 11 is 6.78. The summed E-state index contributed by atoms with van der Waals surface area (Å²) in [6, 6.07) is 12.1. The molecular weight excluding hydrogens is 515 g/mol. The van der Waals surface area contributed by atoms with E-state index in [1.807, 2.05) is 6.92 Å². The highest BCUT2D eigenvalue weighted by Gasteiger charge is 2.33. The zero-order valence-electron chi connectivity index (χ0n) is 19.4. The molecule has 0 fully saturated rings. The van der Waals surface area contributed by atoms with Gasteiger partial charge < -0.3 is 14.8 Å². The monoisotopic (exact) mass is 535 g/mol. The molecule has 2 aromatic carbocycles. The van der Waals surface area contributed by atoms with Gasteiger partial charge in [-0.05, 0) is 73.7 Å². The van der Waals surface area contributed by atoms with Gasteiger partial charge in [0.15, 0.2) is 0 Å². The molecule has 0 atom stereocenters. The Kier molecular flexibility index (Phi) is 9.09. The Bertz CT molecular complexity index is 1310. The van der Waals surface area contributed by atoms with Crippen molar-refractivity contribution >= 4 is 40.8 Å². The Morgan fingerprint density at radius 1 is 1.22 bits per heavy atom. The van der Waals surface area contributed by atoms with Gasteiger partial charge in [0.1, 0.15) is 18.2 Å². The minimum Gasteiger partial charge on any atom is -0.437 e. The molecule has 0 saturated heterocycles. The quantitative estimate of drug-likeness (QED) is 0.192. The third-order valence-electron chi connectivity index (χ3n) is 4.49. The van der Waals surface area contributed by atoms with Crippen LogP contribution in [0.25, 0.3) is 0 Å². The van der Waals surface area contributed by atoms with Crippen LogP contribution in [0.1, 0.15) is 18.1 Å². The van der Waals surface area contributed by atoms with Gasteiger partial charge in [-0.3, -0.25) is 9.10 Å². The molecule has 0 aliphatic carbocycles. The second-order valence-electron chi connectivity index (χ2n) is 7.32. The van der Waals surface area contributed by atoms with Crippen LogP contribution in [-0.2, 0) is 15.7 Å². The molecule has 36 heavy (non-hydrogen) atoms. The zero-order chi connectivity index (χ0) is 26.3. The normalized spacial score (nSPS) is 10.9. The van der Waals surface area contributed by atoms with Crippen molar-refractivity contribution in [2.75, 3.05) is 23.5 Å². The predicted molar refractivity (Wildman–Crippen MR) is 134 cm³/mol. The number of nitrogens with zero attached hydrogens (tertiary/aromatic N) is 2. The number of amides is 1. The van der Waals surface area contributed by atoms with E-state index in [0.717, 1.165) is 23.6 Å². The van der Waals surface area contributed by atoms with E-state index in [1.54, 1.807) is 47.8 Å². The number of aromatic nitrogens is 1. The van der Waals surface area contributed by atoms with Gasteiger partial charge in [-0.15, -0.1) is 0 Å². The van der Waals surface area contributed by atoms with E-state index in [-0.39, 0.29) is 22.5 Å². The Balaban J connectivity index is 1.93. The summed E-state index contributed by atoms with van der Waals surface area (Å²) in [4.78, 5) is 16.4. The highest BCUT2D eigenvalue weighted by molar-refractivity contribution is 8.00. The average molecular weight is 536 g/mol. The first-order valence-corrected chi connectivity index (χ1v) is 11.6. The first kappa shape index (κ1) is 27.2. The number of ether oxygens (including phenoxy) is 2. The van der Waals surface area contributed by atoms with Crippen LogP contribution in [0.3, 0.4) is 0 Å². The van der Waals surface area contributed by atoms with Gasteiger partial charge in [-0.25, -0.2) is 4.98 Å². The highest BCUT2D eigenvalue weighted by Crippen LogP contribution is 2.41. The lowest BCUT2D eigenvalue weighted by atomic mass is 10.2. The molecule has 6 nitrogen and oxygen atoms in total. The van der Waals surface area contributed by atoms with Crippen LogP contribution in [0.15, 0.2) is 59.6 Å². The number of hydrogen-bond donors (Lipinski definition) is 1. The maximum Gasteiger partial charge on any atom is 0.417 e. The Morgan fingerprint density at radius 3 is 2.69 bits per heavy atom. The summed E-state index contributed by atoms with van der Waals surface area (Å²) in [5, 5.41) is 2.25. The molecule has 0 aliphatic heterocycles. The first-order valence-electron chi connectivity index (χ1n) is 10.4. The molecule has 0 bridgehead atoms. The molecule has 1 amide bonds.